The van der Waals surface area contributed by atoms with Crippen LogP contribution in [0.1, 0.15) is 28.9 Å². The van der Waals surface area contributed by atoms with Crippen LogP contribution in [0.2, 0.25) is 0 Å². The fourth-order valence-corrected chi connectivity index (χ4v) is 3.64. The van der Waals surface area contributed by atoms with E-state index in [1.807, 2.05) is 24.3 Å². The molecule has 1 atom stereocenters. The van der Waals surface area contributed by atoms with Crippen LogP contribution >= 0.6 is 0 Å². The lowest BCUT2D eigenvalue weighted by Crippen LogP contribution is -2.49. The average Bonchev–Trinajstić information content (AvgIpc) is 2.75. The molecule has 0 bridgehead atoms. The normalized spacial score (nSPS) is 16.7. The predicted octanol–water partition coefficient (Wildman–Crippen LogP) is 2.80. The quantitative estimate of drug-likeness (QED) is 0.817. The maximum Gasteiger partial charge on any atom is 0.255 e. The van der Waals surface area contributed by atoms with Crippen molar-refractivity contribution in [2.24, 2.45) is 0 Å². The summed E-state index contributed by atoms with van der Waals surface area (Å²) in [7, 11) is 1.59. The highest BCUT2D eigenvalue weighted by atomic mass is 16.5. The van der Waals surface area contributed by atoms with Crippen molar-refractivity contribution in [3.05, 3.63) is 65.7 Å². The molecule has 2 aromatic rings. The van der Waals surface area contributed by atoms with E-state index in [1.54, 1.807) is 13.2 Å². The Hall–Kier alpha value is -2.37. The first-order valence-electron chi connectivity index (χ1n) is 9.65. The fourth-order valence-electron chi connectivity index (χ4n) is 3.64. The van der Waals surface area contributed by atoms with Gasteiger partial charge in [-0.25, -0.2) is 0 Å². The maximum atomic E-state index is 12.7. The van der Waals surface area contributed by atoms with Crippen molar-refractivity contribution in [2.45, 2.75) is 13.0 Å². The Morgan fingerprint density at radius 1 is 1.04 bits per heavy atom. The first kappa shape index (κ1) is 19.4. The number of hydrogen-bond acceptors (Lipinski definition) is 4. The van der Waals surface area contributed by atoms with Gasteiger partial charge >= 0.3 is 0 Å². The second-order valence-corrected chi connectivity index (χ2v) is 6.81. The molecule has 5 nitrogen and oxygen atoms in total. The standard InChI is InChI=1S/C22H29N3O2/c1-3-24-13-15-25(16-14-24)20(18-9-5-4-6-10-18)17-23-22(26)19-11-7-8-12-21(19)27-2/h4-12,20H,3,13-17H2,1-2H3,(H,23,26). The van der Waals surface area contributed by atoms with E-state index in [4.69, 9.17) is 4.74 Å². The summed E-state index contributed by atoms with van der Waals surface area (Å²) in [6.45, 7) is 8.04. The van der Waals surface area contributed by atoms with Gasteiger partial charge in [-0.2, -0.15) is 0 Å². The zero-order valence-corrected chi connectivity index (χ0v) is 16.2. The summed E-state index contributed by atoms with van der Waals surface area (Å²) < 4.78 is 5.32. The molecule has 0 aliphatic carbocycles. The number of ether oxygens (including phenoxy) is 1. The van der Waals surface area contributed by atoms with E-state index in [2.05, 4.69) is 46.3 Å². The third-order valence-electron chi connectivity index (χ3n) is 5.29. The predicted molar refractivity (Wildman–Crippen MR) is 108 cm³/mol. The van der Waals surface area contributed by atoms with Crippen molar-refractivity contribution in [1.82, 2.24) is 15.1 Å². The fraction of sp³-hybridized carbons (Fsp3) is 0.409. The van der Waals surface area contributed by atoms with E-state index >= 15 is 0 Å². The Balaban J connectivity index is 1.71. The number of methoxy groups -OCH3 is 1. The third kappa shape index (κ3) is 4.87. The molecular weight excluding hydrogens is 338 g/mol. The molecule has 1 aliphatic rings. The summed E-state index contributed by atoms with van der Waals surface area (Å²) in [4.78, 5) is 17.7. The van der Waals surface area contributed by atoms with Crippen molar-refractivity contribution in [3.8, 4) is 5.75 Å². The van der Waals surface area contributed by atoms with E-state index in [1.165, 1.54) is 5.56 Å². The molecule has 0 radical (unpaired) electrons. The van der Waals surface area contributed by atoms with E-state index < -0.39 is 0 Å². The highest BCUT2D eigenvalue weighted by molar-refractivity contribution is 5.96. The number of rotatable bonds is 7. The van der Waals surface area contributed by atoms with Gasteiger partial charge in [-0.15, -0.1) is 0 Å². The number of para-hydroxylation sites is 1. The van der Waals surface area contributed by atoms with Gasteiger partial charge in [0, 0.05) is 32.7 Å². The van der Waals surface area contributed by atoms with Crippen molar-refractivity contribution in [1.29, 1.82) is 0 Å². The molecule has 3 rings (SSSR count). The van der Waals surface area contributed by atoms with Crippen LogP contribution in [0.5, 0.6) is 5.75 Å². The van der Waals surface area contributed by atoms with Crippen molar-refractivity contribution < 1.29 is 9.53 Å². The SMILES string of the molecule is CCN1CCN(C(CNC(=O)c2ccccc2OC)c2ccccc2)CC1. The molecule has 1 unspecified atom stereocenters. The number of nitrogens with zero attached hydrogens (tertiary/aromatic N) is 2. The zero-order valence-electron chi connectivity index (χ0n) is 16.2. The van der Waals surface area contributed by atoms with Gasteiger partial charge in [0.1, 0.15) is 5.75 Å². The molecule has 0 saturated carbocycles. The molecule has 27 heavy (non-hydrogen) atoms. The number of amides is 1. The summed E-state index contributed by atoms with van der Waals surface area (Å²) >= 11 is 0. The van der Waals surface area contributed by atoms with Crippen molar-refractivity contribution in [2.75, 3.05) is 46.4 Å². The topological polar surface area (TPSA) is 44.8 Å². The summed E-state index contributed by atoms with van der Waals surface area (Å²) in [5.74, 6) is 0.503. The molecule has 2 aromatic carbocycles. The number of hydrogen-bond donors (Lipinski definition) is 1. The number of benzene rings is 2. The minimum absolute atomic E-state index is 0.0967. The first-order valence-corrected chi connectivity index (χ1v) is 9.65. The number of piperazine rings is 1. The Kier molecular flexibility index (Phi) is 6.85. The van der Waals surface area contributed by atoms with Crippen LogP contribution in [0.25, 0.3) is 0 Å². The lowest BCUT2D eigenvalue weighted by atomic mass is 10.0. The highest BCUT2D eigenvalue weighted by Crippen LogP contribution is 2.22. The molecule has 0 aromatic heterocycles. The average molecular weight is 367 g/mol. The van der Waals surface area contributed by atoms with E-state index in [0.717, 1.165) is 32.7 Å². The van der Waals surface area contributed by atoms with Gasteiger partial charge in [0.2, 0.25) is 0 Å². The van der Waals surface area contributed by atoms with Gasteiger partial charge in [-0.05, 0) is 24.2 Å². The molecule has 144 valence electrons. The molecule has 1 saturated heterocycles. The minimum atomic E-state index is -0.0967. The van der Waals surface area contributed by atoms with E-state index in [0.29, 0.717) is 17.9 Å². The summed E-state index contributed by atoms with van der Waals surface area (Å²) in [5, 5.41) is 3.12. The van der Waals surface area contributed by atoms with Gasteiger partial charge in [0.15, 0.2) is 0 Å². The highest BCUT2D eigenvalue weighted by Gasteiger charge is 2.25. The minimum Gasteiger partial charge on any atom is -0.496 e. The molecule has 1 amide bonds. The van der Waals surface area contributed by atoms with E-state index in [9.17, 15) is 4.79 Å². The van der Waals surface area contributed by atoms with Gasteiger partial charge in [0.05, 0.1) is 18.7 Å². The largest absolute Gasteiger partial charge is 0.496 e. The van der Waals surface area contributed by atoms with Crippen LogP contribution in [0, 0.1) is 0 Å². The molecular formula is C22H29N3O2. The van der Waals surface area contributed by atoms with Crippen molar-refractivity contribution >= 4 is 5.91 Å². The van der Waals surface area contributed by atoms with Crippen LogP contribution in [0.15, 0.2) is 54.6 Å². The maximum absolute atomic E-state index is 12.7. The number of carbonyl (C=O) groups is 1. The summed E-state index contributed by atoms with van der Waals surface area (Å²) in [5.41, 5.74) is 1.81. The summed E-state index contributed by atoms with van der Waals surface area (Å²) in [6, 6.07) is 18.0. The Bertz CT molecular complexity index is 727. The lowest BCUT2D eigenvalue weighted by molar-refractivity contribution is 0.0853. The van der Waals surface area contributed by atoms with Gasteiger partial charge in [0.25, 0.3) is 5.91 Å². The Morgan fingerprint density at radius 3 is 2.37 bits per heavy atom. The van der Waals surface area contributed by atoms with Gasteiger partial charge in [-0.1, -0.05) is 49.4 Å². The second-order valence-electron chi connectivity index (χ2n) is 6.81. The second kappa shape index (κ2) is 9.53. The van der Waals surface area contributed by atoms with Gasteiger partial charge < -0.3 is 15.0 Å². The van der Waals surface area contributed by atoms with Crippen molar-refractivity contribution in [3.63, 3.8) is 0 Å². The van der Waals surface area contributed by atoms with E-state index in [-0.39, 0.29) is 11.9 Å². The van der Waals surface area contributed by atoms with Crippen LogP contribution in [-0.2, 0) is 0 Å². The van der Waals surface area contributed by atoms with Crippen LogP contribution < -0.4 is 10.1 Å². The molecule has 5 heteroatoms. The third-order valence-corrected chi connectivity index (χ3v) is 5.29. The van der Waals surface area contributed by atoms with Crippen LogP contribution in [0.4, 0.5) is 0 Å². The van der Waals surface area contributed by atoms with Crippen LogP contribution in [0.3, 0.4) is 0 Å². The number of carbonyl (C=O) groups excluding carboxylic acids is 1. The molecule has 1 fully saturated rings. The number of likely N-dealkylation sites (N-methyl/N-ethyl adjacent to an activating group) is 1. The monoisotopic (exact) mass is 367 g/mol. The molecule has 1 heterocycles. The molecule has 1 N–H and O–H groups in total. The first-order chi connectivity index (χ1) is 13.2. The Labute approximate surface area is 161 Å². The lowest BCUT2D eigenvalue weighted by Gasteiger charge is -2.39. The smallest absolute Gasteiger partial charge is 0.255 e. The molecule has 0 spiro atoms. The number of nitrogens with one attached hydrogen (secondary N) is 1. The summed E-state index contributed by atoms with van der Waals surface area (Å²) in [6.07, 6.45) is 0. The zero-order chi connectivity index (χ0) is 19.1. The van der Waals surface area contributed by atoms with Gasteiger partial charge in [-0.3, -0.25) is 9.69 Å². The Morgan fingerprint density at radius 2 is 1.70 bits per heavy atom. The molecule has 1 aliphatic heterocycles. The van der Waals surface area contributed by atoms with Crippen LogP contribution in [-0.4, -0.2) is 62.1 Å².